The van der Waals surface area contributed by atoms with E-state index in [0.717, 1.165) is 36.4 Å². The van der Waals surface area contributed by atoms with E-state index in [4.69, 9.17) is 4.74 Å². The molecule has 0 saturated carbocycles. The maximum absolute atomic E-state index is 12.0. The number of hydrogen-bond acceptors (Lipinski definition) is 3. The van der Waals surface area contributed by atoms with Crippen molar-refractivity contribution in [1.29, 1.82) is 0 Å². The van der Waals surface area contributed by atoms with Gasteiger partial charge in [0.1, 0.15) is 17.5 Å². The van der Waals surface area contributed by atoms with E-state index in [2.05, 4.69) is 17.6 Å². The van der Waals surface area contributed by atoms with E-state index in [0.29, 0.717) is 6.61 Å². The highest BCUT2D eigenvalue weighted by atomic mass is 16.5. The van der Waals surface area contributed by atoms with Gasteiger partial charge in [0.25, 0.3) is 0 Å². The van der Waals surface area contributed by atoms with Crippen LogP contribution in [0.3, 0.4) is 0 Å². The van der Waals surface area contributed by atoms with Gasteiger partial charge in [-0.25, -0.2) is 0 Å². The van der Waals surface area contributed by atoms with Gasteiger partial charge in [-0.3, -0.25) is 4.79 Å². The van der Waals surface area contributed by atoms with Crippen LogP contribution in [0.25, 0.3) is 0 Å². The highest BCUT2D eigenvalue weighted by Gasteiger charge is 2.26. The number of fused-ring (bicyclic) bond motifs is 1. The molecule has 1 aromatic carbocycles. The molecule has 0 spiro atoms. The average Bonchev–Trinajstić information content (AvgIpc) is 2.37. The molecule has 1 aromatic rings. The second-order valence-corrected chi connectivity index (χ2v) is 4.44. The minimum atomic E-state index is -0.130. The minimum Gasteiger partial charge on any atom is -0.492 e. The summed E-state index contributed by atoms with van der Waals surface area (Å²) in [7, 11) is 0. The van der Waals surface area contributed by atoms with Gasteiger partial charge < -0.3 is 15.4 Å². The van der Waals surface area contributed by atoms with Crippen molar-refractivity contribution in [2.75, 3.05) is 17.2 Å². The molecular weight excluding hydrogens is 228 g/mol. The standard InChI is InChI=1S/C14H20N2O2/c1-3-5-7-11-14(17)16-13-10(15-11)8-6-9-12(13)18-4-2/h6,8-9,11,15H,3-5,7H2,1-2H3,(H,16,17). The number of rotatable bonds is 5. The molecule has 0 radical (unpaired) electrons. The molecule has 2 rings (SSSR count). The fourth-order valence-corrected chi connectivity index (χ4v) is 2.13. The number of amides is 1. The van der Waals surface area contributed by atoms with Gasteiger partial charge in [-0.1, -0.05) is 25.8 Å². The van der Waals surface area contributed by atoms with Gasteiger partial charge in [0.15, 0.2) is 0 Å². The summed E-state index contributed by atoms with van der Waals surface area (Å²) >= 11 is 0. The predicted octanol–water partition coefficient (Wildman–Crippen LogP) is 3.01. The van der Waals surface area contributed by atoms with Crippen LogP contribution < -0.4 is 15.4 Å². The van der Waals surface area contributed by atoms with E-state index in [1.807, 2.05) is 25.1 Å². The number of carbonyl (C=O) groups is 1. The molecule has 0 fully saturated rings. The monoisotopic (exact) mass is 248 g/mol. The molecule has 0 aliphatic carbocycles. The quantitative estimate of drug-likeness (QED) is 0.842. The van der Waals surface area contributed by atoms with Gasteiger partial charge in [-0.2, -0.15) is 0 Å². The van der Waals surface area contributed by atoms with Crippen molar-refractivity contribution < 1.29 is 9.53 Å². The van der Waals surface area contributed by atoms with E-state index in [1.54, 1.807) is 0 Å². The second-order valence-electron chi connectivity index (χ2n) is 4.44. The zero-order valence-corrected chi connectivity index (χ0v) is 11.0. The van der Waals surface area contributed by atoms with Crippen LogP contribution in [0, 0.1) is 0 Å². The predicted molar refractivity (Wildman–Crippen MR) is 73.2 cm³/mol. The largest absolute Gasteiger partial charge is 0.492 e. The lowest BCUT2D eigenvalue weighted by Crippen LogP contribution is -2.38. The third-order valence-corrected chi connectivity index (χ3v) is 3.07. The number of benzene rings is 1. The van der Waals surface area contributed by atoms with Crippen molar-refractivity contribution in [3.63, 3.8) is 0 Å². The van der Waals surface area contributed by atoms with Crippen LogP contribution in [-0.4, -0.2) is 18.6 Å². The van der Waals surface area contributed by atoms with E-state index < -0.39 is 0 Å². The van der Waals surface area contributed by atoms with E-state index in [9.17, 15) is 4.79 Å². The van der Waals surface area contributed by atoms with Crippen LogP contribution in [0.5, 0.6) is 5.75 Å². The van der Waals surface area contributed by atoms with E-state index in [-0.39, 0.29) is 11.9 Å². The average molecular weight is 248 g/mol. The third-order valence-electron chi connectivity index (χ3n) is 3.07. The lowest BCUT2D eigenvalue weighted by atomic mass is 10.1. The maximum atomic E-state index is 12.0. The molecule has 1 unspecified atom stereocenters. The summed E-state index contributed by atoms with van der Waals surface area (Å²) in [5.41, 5.74) is 1.71. The Morgan fingerprint density at radius 1 is 1.33 bits per heavy atom. The Kier molecular flexibility index (Phi) is 4.07. The molecule has 2 N–H and O–H groups in total. The molecule has 4 heteroatoms. The molecule has 0 aromatic heterocycles. The van der Waals surface area contributed by atoms with Crippen molar-refractivity contribution in [3.05, 3.63) is 18.2 Å². The molecule has 0 saturated heterocycles. The lowest BCUT2D eigenvalue weighted by Gasteiger charge is -2.28. The topological polar surface area (TPSA) is 50.4 Å². The molecule has 0 bridgehead atoms. The first-order valence-electron chi connectivity index (χ1n) is 6.59. The summed E-state index contributed by atoms with van der Waals surface area (Å²) < 4.78 is 5.51. The van der Waals surface area contributed by atoms with Crippen molar-refractivity contribution in [2.45, 2.75) is 39.2 Å². The summed E-state index contributed by atoms with van der Waals surface area (Å²) in [4.78, 5) is 12.0. The van der Waals surface area contributed by atoms with Crippen LogP contribution in [0.4, 0.5) is 11.4 Å². The molecule has 1 atom stereocenters. The molecule has 1 amide bonds. The normalized spacial score (nSPS) is 17.7. The van der Waals surface area contributed by atoms with E-state index >= 15 is 0 Å². The van der Waals surface area contributed by atoms with Crippen molar-refractivity contribution in [3.8, 4) is 5.75 Å². The number of hydrogen-bond donors (Lipinski definition) is 2. The fraction of sp³-hybridized carbons (Fsp3) is 0.500. The Hall–Kier alpha value is -1.71. The third kappa shape index (κ3) is 2.58. The first-order chi connectivity index (χ1) is 8.76. The first kappa shape index (κ1) is 12.7. The summed E-state index contributed by atoms with van der Waals surface area (Å²) in [5.74, 6) is 0.757. The number of ether oxygens (including phenoxy) is 1. The zero-order chi connectivity index (χ0) is 13.0. The Balaban J connectivity index is 2.19. The van der Waals surface area contributed by atoms with Gasteiger partial charge in [0, 0.05) is 0 Å². The number of nitrogens with one attached hydrogen (secondary N) is 2. The highest BCUT2D eigenvalue weighted by Crippen LogP contribution is 2.36. The molecule has 1 aliphatic rings. The van der Waals surface area contributed by atoms with Crippen LogP contribution in [-0.2, 0) is 4.79 Å². The summed E-state index contributed by atoms with van der Waals surface area (Å²) in [6.07, 6.45) is 3.00. The summed E-state index contributed by atoms with van der Waals surface area (Å²) in [6, 6.07) is 5.65. The molecule has 98 valence electrons. The van der Waals surface area contributed by atoms with Crippen LogP contribution in [0.15, 0.2) is 18.2 Å². The molecule has 1 aliphatic heterocycles. The van der Waals surface area contributed by atoms with Gasteiger partial charge in [-0.15, -0.1) is 0 Å². The van der Waals surface area contributed by atoms with Crippen molar-refractivity contribution in [2.24, 2.45) is 0 Å². The van der Waals surface area contributed by atoms with E-state index in [1.165, 1.54) is 0 Å². The highest BCUT2D eigenvalue weighted by molar-refractivity contribution is 6.04. The number of anilines is 2. The van der Waals surface area contributed by atoms with Gasteiger partial charge >= 0.3 is 0 Å². The zero-order valence-electron chi connectivity index (χ0n) is 11.0. The lowest BCUT2D eigenvalue weighted by molar-refractivity contribution is -0.117. The summed E-state index contributed by atoms with van der Waals surface area (Å²) in [5, 5.41) is 6.23. The van der Waals surface area contributed by atoms with Gasteiger partial charge in [0.2, 0.25) is 5.91 Å². The van der Waals surface area contributed by atoms with Gasteiger partial charge in [-0.05, 0) is 25.5 Å². The first-order valence-corrected chi connectivity index (χ1v) is 6.59. The maximum Gasteiger partial charge on any atom is 0.247 e. The molecule has 18 heavy (non-hydrogen) atoms. The molecule has 4 nitrogen and oxygen atoms in total. The Labute approximate surface area is 108 Å². The fourth-order valence-electron chi connectivity index (χ4n) is 2.13. The van der Waals surface area contributed by atoms with Crippen molar-refractivity contribution >= 4 is 17.3 Å². The number of para-hydroxylation sites is 1. The Bertz CT molecular complexity index is 432. The van der Waals surface area contributed by atoms with Crippen LogP contribution in [0.1, 0.15) is 33.1 Å². The molecular formula is C14H20N2O2. The summed E-state index contributed by atoms with van der Waals surface area (Å²) in [6.45, 7) is 4.65. The van der Waals surface area contributed by atoms with Crippen LogP contribution in [0.2, 0.25) is 0 Å². The minimum absolute atomic E-state index is 0.0307. The number of unbranched alkanes of at least 4 members (excludes halogenated alkanes) is 1. The van der Waals surface area contributed by atoms with Gasteiger partial charge in [0.05, 0.1) is 12.3 Å². The van der Waals surface area contributed by atoms with Crippen molar-refractivity contribution in [1.82, 2.24) is 0 Å². The Morgan fingerprint density at radius 3 is 2.89 bits per heavy atom. The smallest absolute Gasteiger partial charge is 0.247 e. The Morgan fingerprint density at radius 2 is 2.17 bits per heavy atom. The second kappa shape index (κ2) is 5.76. The SMILES string of the molecule is CCCCC1Nc2cccc(OCC)c2NC1=O. The van der Waals surface area contributed by atoms with Crippen LogP contribution >= 0.6 is 0 Å². The molecule has 1 heterocycles. The number of carbonyl (C=O) groups excluding carboxylic acids is 1.